The third-order valence-electron chi connectivity index (χ3n) is 3.44. The van der Waals surface area contributed by atoms with Crippen LogP contribution in [0.5, 0.6) is 0 Å². The Balaban J connectivity index is 2.12. The van der Waals surface area contributed by atoms with E-state index < -0.39 is 0 Å². The van der Waals surface area contributed by atoms with Gasteiger partial charge in [-0.25, -0.2) is 0 Å². The van der Waals surface area contributed by atoms with Crippen LogP contribution in [0.25, 0.3) is 0 Å². The van der Waals surface area contributed by atoms with E-state index in [0.29, 0.717) is 45.1 Å². The van der Waals surface area contributed by atoms with Crippen LogP contribution in [0.2, 0.25) is 0 Å². The average molecular weight is 302 g/mol. The predicted octanol–water partition coefficient (Wildman–Crippen LogP) is 2.63. The molecule has 1 aliphatic rings. The molecule has 0 fully saturated rings. The summed E-state index contributed by atoms with van der Waals surface area (Å²) in [5.41, 5.74) is 1.02. The SMILES string of the molecule is C#CCCCC(=O)OCC1=CC[C@H]1COC(=O)CCCC#C. The zero-order valence-corrected chi connectivity index (χ0v) is 12.8. The highest BCUT2D eigenvalue weighted by atomic mass is 16.5. The summed E-state index contributed by atoms with van der Waals surface area (Å²) in [7, 11) is 0. The minimum atomic E-state index is -0.243. The van der Waals surface area contributed by atoms with Crippen LogP contribution >= 0.6 is 0 Å². The van der Waals surface area contributed by atoms with Crippen LogP contribution in [0, 0.1) is 30.6 Å². The molecule has 1 atom stereocenters. The second-order valence-electron chi connectivity index (χ2n) is 5.17. The molecule has 1 rings (SSSR count). The van der Waals surface area contributed by atoms with Crippen molar-refractivity contribution in [2.45, 2.75) is 44.9 Å². The van der Waals surface area contributed by atoms with Gasteiger partial charge in [0.15, 0.2) is 0 Å². The fourth-order valence-electron chi connectivity index (χ4n) is 1.97. The van der Waals surface area contributed by atoms with Gasteiger partial charge in [-0.2, -0.15) is 0 Å². The van der Waals surface area contributed by atoms with Gasteiger partial charge in [-0.1, -0.05) is 6.08 Å². The number of terminal acetylenes is 2. The summed E-state index contributed by atoms with van der Waals surface area (Å²) >= 11 is 0. The standard InChI is InChI=1S/C18H22O4/c1-3-5-7-9-17(19)21-13-15-11-12-16(15)14-22-18(20)10-8-6-4-2/h1-2,11,16H,5-10,12-14H2/t16-/m0/s1. The van der Waals surface area contributed by atoms with Crippen LogP contribution in [-0.4, -0.2) is 25.2 Å². The molecule has 0 aromatic carbocycles. The minimum Gasteiger partial charge on any atom is -0.465 e. The van der Waals surface area contributed by atoms with Gasteiger partial charge in [0.1, 0.15) is 6.61 Å². The second kappa shape index (κ2) is 10.5. The Hall–Kier alpha value is -2.20. The lowest BCUT2D eigenvalue weighted by molar-refractivity contribution is -0.146. The summed E-state index contributed by atoms with van der Waals surface area (Å²) in [4.78, 5) is 22.9. The van der Waals surface area contributed by atoms with Crippen LogP contribution in [0.1, 0.15) is 44.9 Å². The maximum absolute atomic E-state index is 11.5. The monoisotopic (exact) mass is 302 g/mol. The van der Waals surface area contributed by atoms with E-state index >= 15 is 0 Å². The van der Waals surface area contributed by atoms with Crippen LogP contribution in [-0.2, 0) is 19.1 Å². The van der Waals surface area contributed by atoms with E-state index in [-0.39, 0.29) is 24.5 Å². The van der Waals surface area contributed by atoms with E-state index in [9.17, 15) is 9.59 Å². The summed E-state index contributed by atoms with van der Waals surface area (Å²) in [5, 5.41) is 0. The lowest BCUT2D eigenvalue weighted by Crippen LogP contribution is -2.24. The van der Waals surface area contributed by atoms with Gasteiger partial charge >= 0.3 is 11.9 Å². The molecule has 118 valence electrons. The highest BCUT2D eigenvalue weighted by Crippen LogP contribution is 2.27. The number of hydrogen-bond acceptors (Lipinski definition) is 4. The van der Waals surface area contributed by atoms with Crippen LogP contribution in [0.15, 0.2) is 11.6 Å². The Morgan fingerprint density at radius 1 is 1.09 bits per heavy atom. The van der Waals surface area contributed by atoms with Crippen LogP contribution in [0.3, 0.4) is 0 Å². The number of unbranched alkanes of at least 4 members (excludes halogenated alkanes) is 2. The molecule has 22 heavy (non-hydrogen) atoms. The van der Waals surface area contributed by atoms with E-state index in [2.05, 4.69) is 11.8 Å². The molecule has 0 spiro atoms. The fraction of sp³-hybridized carbons (Fsp3) is 0.556. The Morgan fingerprint density at radius 3 is 2.18 bits per heavy atom. The van der Waals surface area contributed by atoms with Crippen LogP contribution in [0.4, 0.5) is 0 Å². The first-order chi connectivity index (χ1) is 10.7. The molecule has 0 aliphatic heterocycles. The third kappa shape index (κ3) is 6.99. The third-order valence-corrected chi connectivity index (χ3v) is 3.44. The molecule has 0 radical (unpaired) electrons. The number of ether oxygens (including phenoxy) is 2. The second-order valence-corrected chi connectivity index (χ2v) is 5.17. The molecule has 4 nitrogen and oxygen atoms in total. The molecule has 0 aromatic heterocycles. The normalized spacial score (nSPS) is 15.7. The van der Waals surface area contributed by atoms with Crippen LogP contribution < -0.4 is 0 Å². The maximum atomic E-state index is 11.5. The van der Waals surface area contributed by atoms with Crippen molar-refractivity contribution in [3.05, 3.63) is 11.6 Å². The van der Waals surface area contributed by atoms with Crippen molar-refractivity contribution in [2.75, 3.05) is 13.2 Å². The molecule has 1 aliphatic carbocycles. The van der Waals surface area contributed by atoms with Gasteiger partial charge < -0.3 is 9.47 Å². The Bertz CT molecular complexity index is 490. The van der Waals surface area contributed by atoms with Crippen molar-refractivity contribution < 1.29 is 19.1 Å². The number of carbonyl (C=O) groups is 2. The topological polar surface area (TPSA) is 52.6 Å². The van der Waals surface area contributed by atoms with Crippen molar-refractivity contribution >= 4 is 11.9 Å². The van der Waals surface area contributed by atoms with Crippen molar-refractivity contribution in [2.24, 2.45) is 5.92 Å². The summed E-state index contributed by atoms with van der Waals surface area (Å²) in [6.45, 7) is 0.615. The first-order valence-corrected chi connectivity index (χ1v) is 7.54. The van der Waals surface area contributed by atoms with Gasteiger partial charge in [-0.3, -0.25) is 9.59 Å². The van der Waals surface area contributed by atoms with E-state index in [1.165, 1.54) is 0 Å². The Labute approximate surface area is 132 Å². The van der Waals surface area contributed by atoms with Gasteiger partial charge in [0.25, 0.3) is 0 Å². The van der Waals surface area contributed by atoms with Gasteiger partial charge in [-0.15, -0.1) is 24.7 Å². The number of carbonyl (C=O) groups excluding carboxylic acids is 2. The van der Waals surface area contributed by atoms with Crippen molar-refractivity contribution in [3.63, 3.8) is 0 Å². The average Bonchev–Trinajstić information content (AvgIpc) is 2.47. The molecule has 0 N–H and O–H groups in total. The van der Waals surface area contributed by atoms with E-state index in [1.807, 2.05) is 6.08 Å². The summed E-state index contributed by atoms with van der Waals surface area (Å²) < 4.78 is 10.4. The van der Waals surface area contributed by atoms with Crippen molar-refractivity contribution in [1.29, 1.82) is 0 Å². The molecule has 0 bridgehead atoms. The molecule has 0 saturated heterocycles. The van der Waals surface area contributed by atoms with Gasteiger partial charge in [-0.05, 0) is 24.8 Å². The fourth-order valence-corrected chi connectivity index (χ4v) is 1.97. The van der Waals surface area contributed by atoms with Gasteiger partial charge in [0.2, 0.25) is 0 Å². The summed E-state index contributed by atoms with van der Waals surface area (Å²) in [6, 6.07) is 0. The van der Waals surface area contributed by atoms with Crippen molar-refractivity contribution in [1.82, 2.24) is 0 Å². The molecular formula is C18H22O4. The lowest BCUT2D eigenvalue weighted by atomic mass is 9.86. The molecule has 0 unspecified atom stereocenters. The molecule has 0 amide bonds. The highest BCUT2D eigenvalue weighted by Gasteiger charge is 2.24. The minimum absolute atomic E-state index is 0.162. The molecule has 4 heteroatoms. The number of esters is 2. The molecular weight excluding hydrogens is 280 g/mol. The van der Waals surface area contributed by atoms with E-state index in [0.717, 1.165) is 12.0 Å². The number of allylic oxidation sites excluding steroid dienone is 1. The van der Waals surface area contributed by atoms with Crippen molar-refractivity contribution in [3.8, 4) is 24.7 Å². The largest absolute Gasteiger partial charge is 0.465 e. The summed E-state index contributed by atoms with van der Waals surface area (Å²) in [5.74, 6) is 4.66. The summed E-state index contributed by atoms with van der Waals surface area (Å²) in [6.07, 6.45) is 16.2. The molecule has 0 saturated carbocycles. The van der Waals surface area contributed by atoms with E-state index in [1.54, 1.807) is 0 Å². The maximum Gasteiger partial charge on any atom is 0.306 e. The number of hydrogen-bond donors (Lipinski definition) is 0. The quantitative estimate of drug-likeness (QED) is 0.269. The first kappa shape index (κ1) is 17.9. The molecule has 0 aromatic rings. The number of rotatable bonds is 10. The first-order valence-electron chi connectivity index (χ1n) is 7.54. The van der Waals surface area contributed by atoms with Gasteiger partial charge in [0, 0.05) is 31.6 Å². The zero-order valence-electron chi connectivity index (χ0n) is 12.8. The Morgan fingerprint density at radius 2 is 1.68 bits per heavy atom. The van der Waals surface area contributed by atoms with Gasteiger partial charge in [0.05, 0.1) is 6.61 Å². The lowest BCUT2D eigenvalue weighted by Gasteiger charge is -2.26. The Kier molecular flexibility index (Phi) is 8.53. The zero-order chi connectivity index (χ0) is 16.2. The van der Waals surface area contributed by atoms with E-state index in [4.69, 9.17) is 22.3 Å². The highest BCUT2D eigenvalue weighted by molar-refractivity contribution is 5.70. The molecule has 0 heterocycles. The smallest absolute Gasteiger partial charge is 0.306 e. The predicted molar refractivity (Wildman–Crippen MR) is 83.5 cm³/mol.